The van der Waals surface area contributed by atoms with Crippen LogP contribution < -0.4 is 5.32 Å². The lowest BCUT2D eigenvalue weighted by Crippen LogP contribution is -2.37. The summed E-state index contributed by atoms with van der Waals surface area (Å²) in [4.78, 5) is 2.46. The molecule has 0 spiro atoms. The molecule has 1 aliphatic rings. The molecule has 1 N–H and O–H groups in total. The van der Waals surface area contributed by atoms with Crippen molar-refractivity contribution in [2.24, 2.45) is 0 Å². The minimum atomic E-state index is 0.0469. The third-order valence-electron chi connectivity index (χ3n) is 3.12. The molecule has 1 atom stereocenters. The Labute approximate surface area is 99.8 Å². The second kappa shape index (κ2) is 6.88. The van der Waals surface area contributed by atoms with Crippen molar-refractivity contribution in [2.75, 3.05) is 13.1 Å². The van der Waals surface area contributed by atoms with E-state index in [2.05, 4.69) is 37.1 Å². The highest BCUT2D eigenvalue weighted by atomic mass is 15.1. The maximum Gasteiger partial charge on any atom is 0.0967 e. The summed E-state index contributed by atoms with van der Waals surface area (Å²) in [6.07, 6.45) is 4.64. The minimum absolute atomic E-state index is 0.0469. The lowest BCUT2D eigenvalue weighted by atomic mass is 10.2. The Hall–Kier alpha value is -0.590. The van der Waals surface area contributed by atoms with E-state index in [-0.39, 0.29) is 6.04 Å². The summed E-state index contributed by atoms with van der Waals surface area (Å²) >= 11 is 0. The average molecular weight is 223 g/mol. The van der Waals surface area contributed by atoms with Crippen LogP contribution in [-0.2, 0) is 0 Å². The van der Waals surface area contributed by atoms with E-state index in [1.54, 1.807) is 0 Å². The molecule has 0 bridgehead atoms. The third kappa shape index (κ3) is 4.96. The molecule has 0 aromatic carbocycles. The number of nitriles is 1. The van der Waals surface area contributed by atoms with Crippen LogP contribution in [0.5, 0.6) is 0 Å². The SMILES string of the molecule is CCCN(CCC(C#N)NC1CC1)C(C)C. The molecule has 0 aliphatic heterocycles. The van der Waals surface area contributed by atoms with Crippen molar-refractivity contribution < 1.29 is 0 Å². The fourth-order valence-electron chi connectivity index (χ4n) is 1.93. The van der Waals surface area contributed by atoms with Gasteiger partial charge in [-0.05, 0) is 46.1 Å². The molecule has 0 radical (unpaired) electrons. The highest BCUT2D eigenvalue weighted by molar-refractivity contribution is 4.96. The summed E-state index contributed by atoms with van der Waals surface area (Å²) in [5.41, 5.74) is 0. The first kappa shape index (κ1) is 13.5. The second-order valence-corrected chi connectivity index (χ2v) is 5.04. The predicted octanol–water partition coefficient (Wildman–Crippen LogP) is 2.14. The van der Waals surface area contributed by atoms with E-state index in [1.165, 1.54) is 19.3 Å². The zero-order valence-corrected chi connectivity index (χ0v) is 10.9. The normalized spacial score (nSPS) is 17.8. The van der Waals surface area contributed by atoms with E-state index < -0.39 is 0 Å². The van der Waals surface area contributed by atoms with Crippen molar-refractivity contribution in [3.05, 3.63) is 0 Å². The van der Waals surface area contributed by atoms with Gasteiger partial charge in [0.25, 0.3) is 0 Å². The maximum absolute atomic E-state index is 9.05. The molecule has 1 saturated carbocycles. The van der Waals surface area contributed by atoms with Crippen molar-refractivity contribution >= 4 is 0 Å². The molecule has 16 heavy (non-hydrogen) atoms. The van der Waals surface area contributed by atoms with Crippen molar-refractivity contribution in [1.29, 1.82) is 5.26 Å². The summed E-state index contributed by atoms with van der Waals surface area (Å²) in [6, 6.07) is 3.63. The van der Waals surface area contributed by atoms with Crippen LogP contribution >= 0.6 is 0 Å². The molecule has 92 valence electrons. The summed E-state index contributed by atoms with van der Waals surface area (Å²) in [5.74, 6) is 0. The predicted molar refractivity (Wildman–Crippen MR) is 67.2 cm³/mol. The molecule has 0 amide bonds. The Kier molecular flexibility index (Phi) is 5.79. The van der Waals surface area contributed by atoms with Crippen LogP contribution in [0.1, 0.15) is 46.5 Å². The zero-order chi connectivity index (χ0) is 12.0. The van der Waals surface area contributed by atoms with Gasteiger partial charge in [-0.1, -0.05) is 6.92 Å². The fraction of sp³-hybridized carbons (Fsp3) is 0.923. The van der Waals surface area contributed by atoms with Crippen molar-refractivity contribution in [1.82, 2.24) is 10.2 Å². The molecule has 0 heterocycles. The molecule has 1 aliphatic carbocycles. The lowest BCUT2D eigenvalue weighted by molar-refractivity contribution is 0.214. The van der Waals surface area contributed by atoms with E-state index in [0.29, 0.717) is 12.1 Å². The van der Waals surface area contributed by atoms with Crippen LogP contribution in [0.2, 0.25) is 0 Å². The smallest absolute Gasteiger partial charge is 0.0967 e. The molecule has 0 saturated heterocycles. The monoisotopic (exact) mass is 223 g/mol. The Morgan fingerprint density at radius 2 is 2.06 bits per heavy atom. The number of hydrogen-bond donors (Lipinski definition) is 1. The standard InChI is InChI=1S/C13H25N3/c1-4-8-16(11(2)3)9-7-13(10-14)15-12-5-6-12/h11-13,15H,4-9H2,1-3H3. The summed E-state index contributed by atoms with van der Waals surface area (Å²) < 4.78 is 0. The third-order valence-corrected chi connectivity index (χ3v) is 3.12. The van der Waals surface area contributed by atoms with Crippen LogP contribution in [0, 0.1) is 11.3 Å². The van der Waals surface area contributed by atoms with E-state index >= 15 is 0 Å². The number of hydrogen-bond acceptors (Lipinski definition) is 3. The largest absolute Gasteiger partial charge is 0.301 e. The van der Waals surface area contributed by atoms with Crippen LogP contribution in [-0.4, -0.2) is 36.1 Å². The minimum Gasteiger partial charge on any atom is -0.301 e. The van der Waals surface area contributed by atoms with E-state index in [4.69, 9.17) is 5.26 Å². The first-order chi connectivity index (χ1) is 7.67. The molecular weight excluding hydrogens is 198 g/mol. The van der Waals surface area contributed by atoms with Crippen LogP contribution in [0.3, 0.4) is 0 Å². The topological polar surface area (TPSA) is 39.1 Å². The quantitative estimate of drug-likeness (QED) is 0.685. The highest BCUT2D eigenvalue weighted by Crippen LogP contribution is 2.19. The van der Waals surface area contributed by atoms with Gasteiger partial charge in [0.15, 0.2) is 0 Å². The van der Waals surface area contributed by atoms with Crippen molar-refractivity contribution in [3.8, 4) is 6.07 Å². The van der Waals surface area contributed by atoms with Gasteiger partial charge in [-0.3, -0.25) is 5.32 Å². The van der Waals surface area contributed by atoms with Gasteiger partial charge in [0.1, 0.15) is 0 Å². The Morgan fingerprint density at radius 1 is 1.38 bits per heavy atom. The molecule has 1 rings (SSSR count). The summed E-state index contributed by atoms with van der Waals surface area (Å²) in [7, 11) is 0. The van der Waals surface area contributed by atoms with Crippen LogP contribution in [0.25, 0.3) is 0 Å². The highest BCUT2D eigenvalue weighted by Gasteiger charge is 2.24. The van der Waals surface area contributed by atoms with Gasteiger partial charge >= 0.3 is 0 Å². The van der Waals surface area contributed by atoms with Crippen molar-refractivity contribution in [2.45, 2.75) is 64.6 Å². The van der Waals surface area contributed by atoms with Gasteiger partial charge < -0.3 is 4.90 Å². The molecule has 1 fully saturated rings. The van der Waals surface area contributed by atoms with Gasteiger partial charge in [-0.15, -0.1) is 0 Å². The molecule has 0 aromatic rings. The van der Waals surface area contributed by atoms with E-state index in [0.717, 1.165) is 19.5 Å². The zero-order valence-electron chi connectivity index (χ0n) is 10.9. The fourth-order valence-corrected chi connectivity index (χ4v) is 1.93. The number of nitrogens with zero attached hydrogens (tertiary/aromatic N) is 2. The van der Waals surface area contributed by atoms with Crippen LogP contribution in [0.15, 0.2) is 0 Å². The van der Waals surface area contributed by atoms with Gasteiger partial charge in [-0.2, -0.15) is 5.26 Å². The molecule has 3 heteroatoms. The van der Waals surface area contributed by atoms with E-state index in [9.17, 15) is 0 Å². The Bertz CT molecular complexity index is 228. The van der Waals surface area contributed by atoms with Crippen molar-refractivity contribution in [3.63, 3.8) is 0 Å². The first-order valence-corrected chi connectivity index (χ1v) is 6.57. The second-order valence-electron chi connectivity index (χ2n) is 5.04. The molecule has 1 unspecified atom stereocenters. The molecular formula is C13H25N3. The first-order valence-electron chi connectivity index (χ1n) is 6.57. The summed E-state index contributed by atoms with van der Waals surface area (Å²) in [5, 5.41) is 12.4. The summed E-state index contributed by atoms with van der Waals surface area (Å²) in [6.45, 7) is 8.83. The van der Waals surface area contributed by atoms with Gasteiger partial charge in [-0.25, -0.2) is 0 Å². The van der Waals surface area contributed by atoms with Gasteiger partial charge in [0.05, 0.1) is 12.1 Å². The Balaban J connectivity index is 2.25. The number of rotatable bonds is 8. The van der Waals surface area contributed by atoms with Gasteiger partial charge in [0.2, 0.25) is 0 Å². The maximum atomic E-state index is 9.05. The molecule has 0 aromatic heterocycles. The van der Waals surface area contributed by atoms with Crippen LogP contribution in [0.4, 0.5) is 0 Å². The van der Waals surface area contributed by atoms with E-state index in [1.807, 2.05) is 0 Å². The molecule has 3 nitrogen and oxygen atoms in total. The average Bonchev–Trinajstić information content (AvgIpc) is 3.05. The lowest BCUT2D eigenvalue weighted by Gasteiger charge is -2.26. The Morgan fingerprint density at radius 3 is 2.50 bits per heavy atom. The number of nitrogens with one attached hydrogen (secondary N) is 1. The van der Waals surface area contributed by atoms with Gasteiger partial charge in [0, 0.05) is 18.6 Å².